The Morgan fingerprint density at radius 2 is 1.73 bits per heavy atom. The molecule has 1 aromatic heterocycles. The Morgan fingerprint density at radius 1 is 0.885 bits per heavy atom. The molecule has 0 aliphatic carbocycles. The van der Waals surface area contributed by atoms with Gasteiger partial charge in [-0.1, -0.05) is 12.1 Å². The molecule has 0 spiro atoms. The Balaban J connectivity index is 1.61. The largest absolute Gasteiger partial charge is 0.355 e. The molecule has 0 fully saturated rings. The molecule has 0 amide bonds. The van der Waals surface area contributed by atoms with E-state index in [1.54, 1.807) is 6.20 Å². The van der Waals surface area contributed by atoms with Crippen molar-refractivity contribution < 1.29 is 8.78 Å². The number of hydrogen-bond acceptors (Lipinski definition) is 3. The van der Waals surface area contributed by atoms with Crippen LogP contribution in [0.5, 0.6) is 0 Å². The Bertz CT molecular complexity index is 1040. The van der Waals surface area contributed by atoms with Gasteiger partial charge >= 0.3 is 0 Å². The minimum absolute atomic E-state index is 0.346. The third-order valence-electron chi connectivity index (χ3n) is 3.90. The van der Waals surface area contributed by atoms with Crippen LogP contribution >= 0.6 is 0 Å². The summed E-state index contributed by atoms with van der Waals surface area (Å²) >= 11 is 0. The molecule has 5 heteroatoms. The fraction of sp³-hybridized carbons (Fsp3) is 0.0476. The molecule has 0 bridgehead atoms. The topological polar surface area (TPSA) is 37.3 Å². The lowest BCUT2D eigenvalue weighted by Crippen LogP contribution is -1.98. The number of nitrogens with one attached hydrogen (secondary N) is 1. The highest BCUT2D eigenvalue weighted by Crippen LogP contribution is 2.25. The third kappa shape index (κ3) is 3.45. The lowest BCUT2D eigenvalue weighted by molar-refractivity contribution is 0.584. The normalized spacial score (nSPS) is 12.0. The number of anilines is 2. The van der Waals surface area contributed by atoms with Crippen molar-refractivity contribution in [2.75, 3.05) is 5.32 Å². The molecule has 2 heterocycles. The molecular formula is C21H13F2N3. The van der Waals surface area contributed by atoms with Crippen LogP contribution in [0.3, 0.4) is 0 Å². The monoisotopic (exact) mass is 345 g/mol. The first-order valence-electron chi connectivity index (χ1n) is 8.01. The van der Waals surface area contributed by atoms with Gasteiger partial charge in [0.25, 0.3) is 0 Å². The fourth-order valence-corrected chi connectivity index (χ4v) is 2.72. The number of pyridine rings is 1. The van der Waals surface area contributed by atoms with Crippen molar-refractivity contribution >= 4 is 17.1 Å². The number of aliphatic imine (C=N–C) groups is 1. The van der Waals surface area contributed by atoms with E-state index in [0.717, 1.165) is 17.2 Å². The van der Waals surface area contributed by atoms with Crippen LogP contribution in [0.2, 0.25) is 0 Å². The smallest absolute Gasteiger partial charge is 0.128 e. The van der Waals surface area contributed by atoms with Crippen LogP contribution in [0.4, 0.5) is 20.2 Å². The fourth-order valence-electron chi connectivity index (χ4n) is 2.72. The number of aromatic nitrogens is 1. The number of rotatable bonds is 2. The molecule has 126 valence electrons. The molecule has 0 atom stereocenters. The summed E-state index contributed by atoms with van der Waals surface area (Å²) in [7, 11) is 0. The standard InChI is InChI=1S/C21H13F2N3/c22-15-9-16(23)11-19(10-15)26-18-5-4-14-13-25-21(20(14)12-18)7-6-17-3-1-2-8-24-17/h1-5,8-12,26H,13H2. The molecule has 0 saturated heterocycles. The highest BCUT2D eigenvalue weighted by atomic mass is 19.1. The van der Waals surface area contributed by atoms with Crippen LogP contribution in [0, 0.1) is 23.5 Å². The second-order valence-electron chi connectivity index (χ2n) is 5.78. The molecule has 26 heavy (non-hydrogen) atoms. The molecule has 4 rings (SSSR count). The predicted octanol–water partition coefficient (Wildman–Crippen LogP) is 4.46. The number of nitrogens with zero attached hydrogens (tertiary/aromatic N) is 2. The van der Waals surface area contributed by atoms with E-state index >= 15 is 0 Å². The van der Waals surface area contributed by atoms with E-state index in [-0.39, 0.29) is 0 Å². The first kappa shape index (κ1) is 16.0. The highest BCUT2D eigenvalue weighted by Gasteiger charge is 2.15. The van der Waals surface area contributed by atoms with E-state index in [0.29, 0.717) is 29.3 Å². The molecule has 0 saturated carbocycles. The van der Waals surface area contributed by atoms with Crippen LogP contribution in [0.1, 0.15) is 16.8 Å². The second kappa shape index (κ2) is 6.77. The summed E-state index contributed by atoms with van der Waals surface area (Å²) in [5.74, 6) is 4.80. The quantitative estimate of drug-likeness (QED) is 0.697. The van der Waals surface area contributed by atoms with Gasteiger partial charge in [-0.15, -0.1) is 0 Å². The van der Waals surface area contributed by atoms with Crippen molar-refractivity contribution in [1.82, 2.24) is 4.98 Å². The van der Waals surface area contributed by atoms with E-state index in [4.69, 9.17) is 0 Å². The zero-order chi connectivity index (χ0) is 17.9. The zero-order valence-corrected chi connectivity index (χ0v) is 13.6. The van der Waals surface area contributed by atoms with Crippen LogP contribution in [0.25, 0.3) is 0 Å². The SMILES string of the molecule is Fc1cc(F)cc(Nc2ccc3c(c2)C(C#Cc2ccccn2)=NC3)c1. The Labute approximate surface area is 149 Å². The third-order valence-corrected chi connectivity index (χ3v) is 3.90. The van der Waals surface area contributed by atoms with Crippen LogP contribution in [-0.2, 0) is 6.54 Å². The van der Waals surface area contributed by atoms with E-state index in [1.807, 2.05) is 36.4 Å². The van der Waals surface area contributed by atoms with Gasteiger partial charge in [0.1, 0.15) is 23.0 Å². The Kier molecular flexibility index (Phi) is 4.16. The summed E-state index contributed by atoms with van der Waals surface area (Å²) in [6.07, 6.45) is 1.69. The van der Waals surface area contributed by atoms with E-state index in [9.17, 15) is 8.78 Å². The van der Waals surface area contributed by atoms with Gasteiger partial charge < -0.3 is 5.32 Å². The highest BCUT2D eigenvalue weighted by molar-refractivity contribution is 6.15. The second-order valence-corrected chi connectivity index (χ2v) is 5.78. The molecule has 1 N–H and O–H groups in total. The number of halogens is 2. The van der Waals surface area contributed by atoms with Crippen molar-refractivity contribution in [1.29, 1.82) is 0 Å². The van der Waals surface area contributed by atoms with Gasteiger partial charge in [0.15, 0.2) is 0 Å². The van der Waals surface area contributed by atoms with Gasteiger partial charge in [0, 0.05) is 29.2 Å². The van der Waals surface area contributed by atoms with Crippen LogP contribution < -0.4 is 5.32 Å². The maximum atomic E-state index is 13.4. The number of fused-ring (bicyclic) bond motifs is 1. The summed E-state index contributed by atoms with van der Waals surface area (Å²) in [4.78, 5) is 8.64. The zero-order valence-electron chi connectivity index (χ0n) is 13.6. The molecule has 0 radical (unpaired) electrons. The van der Waals surface area contributed by atoms with E-state index in [1.165, 1.54) is 12.1 Å². The summed E-state index contributed by atoms with van der Waals surface area (Å²) in [5, 5.41) is 3.01. The lowest BCUT2D eigenvalue weighted by Gasteiger charge is -2.09. The van der Waals surface area contributed by atoms with Gasteiger partial charge in [-0.25, -0.2) is 13.8 Å². The molecule has 1 aliphatic rings. The molecule has 0 unspecified atom stereocenters. The molecule has 1 aliphatic heterocycles. The predicted molar refractivity (Wildman–Crippen MR) is 97.4 cm³/mol. The number of benzene rings is 2. The summed E-state index contributed by atoms with van der Waals surface area (Å²) in [6, 6.07) is 14.5. The van der Waals surface area contributed by atoms with Gasteiger partial charge in [-0.2, -0.15) is 0 Å². The molecule has 2 aromatic carbocycles. The van der Waals surface area contributed by atoms with Gasteiger partial charge in [-0.3, -0.25) is 4.99 Å². The van der Waals surface area contributed by atoms with Crippen molar-refractivity contribution in [3.63, 3.8) is 0 Å². The molecule has 3 nitrogen and oxygen atoms in total. The van der Waals surface area contributed by atoms with Crippen LogP contribution in [-0.4, -0.2) is 10.7 Å². The van der Waals surface area contributed by atoms with E-state index in [2.05, 4.69) is 27.1 Å². The van der Waals surface area contributed by atoms with Crippen molar-refractivity contribution in [3.05, 3.63) is 89.2 Å². The minimum Gasteiger partial charge on any atom is -0.355 e. The molecular weight excluding hydrogens is 332 g/mol. The van der Waals surface area contributed by atoms with Gasteiger partial charge in [0.05, 0.1) is 6.54 Å². The van der Waals surface area contributed by atoms with Crippen LogP contribution in [0.15, 0.2) is 65.8 Å². The maximum absolute atomic E-state index is 13.4. The minimum atomic E-state index is -0.628. The average molecular weight is 345 g/mol. The Hall–Kier alpha value is -3.52. The van der Waals surface area contributed by atoms with Crippen molar-refractivity contribution in [2.24, 2.45) is 4.99 Å². The van der Waals surface area contributed by atoms with Gasteiger partial charge in [-0.05, 0) is 53.8 Å². The first-order valence-corrected chi connectivity index (χ1v) is 8.01. The lowest BCUT2D eigenvalue weighted by atomic mass is 10.0. The first-order chi connectivity index (χ1) is 12.7. The maximum Gasteiger partial charge on any atom is 0.128 e. The summed E-state index contributed by atoms with van der Waals surface area (Å²) < 4.78 is 26.7. The van der Waals surface area contributed by atoms with Crippen molar-refractivity contribution in [3.8, 4) is 11.8 Å². The van der Waals surface area contributed by atoms with E-state index < -0.39 is 11.6 Å². The number of hydrogen-bond donors (Lipinski definition) is 1. The van der Waals surface area contributed by atoms with Gasteiger partial charge in [0.2, 0.25) is 0 Å². The molecule has 3 aromatic rings. The summed E-state index contributed by atoms with van der Waals surface area (Å²) in [5.41, 5.74) is 4.39. The van der Waals surface area contributed by atoms with Crippen molar-refractivity contribution in [2.45, 2.75) is 6.54 Å². The Morgan fingerprint density at radius 3 is 2.50 bits per heavy atom. The average Bonchev–Trinajstić information content (AvgIpc) is 3.02. The summed E-state index contributed by atoms with van der Waals surface area (Å²) in [6.45, 7) is 0.566.